The molecule has 2 aliphatic heterocycles. The molecule has 0 spiro atoms. The third-order valence-corrected chi connectivity index (χ3v) is 5.23. The predicted molar refractivity (Wildman–Crippen MR) is 97.0 cm³/mol. The molecule has 1 fully saturated rings. The van der Waals surface area contributed by atoms with Gasteiger partial charge in [-0.25, -0.2) is 4.79 Å². The first-order valence-corrected chi connectivity index (χ1v) is 9.12. The van der Waals surface area contributed by atoms with Crippen molar-refractivity contribution < 1.29 is 14.3 Å². The maximum atomic E-state index is 12.2. The minimum Gasteiger partial charge on any atom is -0.507 e. The highest BCUT2D eigenvalue weighted by atomic mass is 16.5. The van der Waals surface area contributed by atoms with Crippen LogP contribution in [0.5, 0.6) is 5.75 Å². The molecule has 2 aliphatic rings. The van der Waals surface area contributed by atoms with Crippen LogP contribution in [0.1, 0.15) is 22.3 Å². The molecule has 0 aliphatic carbocycles. The van der Waals surface area contributed by atoms with Gasteiger partial charge in [0.05, 0.1) is 18.8 Å². The number of hydrogen-bond acceptors (Lipinski definition) is 6. The van der Waals surface area contributed by atoms with E-state index in [4.69, 9.17) is 9.15 Å². The molecule has 138 valence electrons. The van der Waals surface area contributed by atoms with Crippen molar-refractivity contribution in [3.8, 4) is 5.75 Å². The Bertz CT molecular complexity index is 827. The van der Waals surface area contributed by atoms with Crippen LogP contribution < -0.4 is 5.63 Å². The number of ether oxygens (including phenoxy) is 1. The molecule has 1 aromatic carbocycles. The number of rotatable bonds is 4. The number of aromatic hydroxyl groups is 1. The van der Waals surface area contributed by atoms with E-state index in [1.165, 1.54) is 17.4 Å². The van der Waals surface area contributed by atoms with Crippen molar-refractivity contribution in [2.45, 2.75) is 26.1 Å². The fraction of sp³-hybridized carbons (Fsp3) is 0.450. The molecule has 6 heteroatoms. The summed E-state index contributed by atoms with van der Waals surface area (Å²) in [6, 6.07) is 8.38. The van der Waals surface area contributed by atoms with Crippen LogP contribution in [0, 0.1) is 0 Å². The Hall–Kier alpha value is -2.15. The summed E-state index contributed by atoms with van der Waals surface area (Å²) in [6.07, 6.45) is 2.35. The molecule has 26 heavy (non-hydrogen) atoms. The average Bonchev–Trinajstić information content (AvgIpc) is 2.68. The van der Waals surface area contributed by atoms with Crippen LogP contribution in [0.25, 0.3) is 0 Å². The number of fused-ring (bicyclic) bond motifs is 1. The number of hydrogen-bond donors (Lipinski definition) is 1. The Balaban J connectivity index is 1.51. The molecule has 0 saturated carbocycles. The van der Waals surface area contributed by atoms with Gasteiger partial charge in [0.25, 0.3) is 0 Å². The molecule has 3 heterocycles. The van der Waals surface area contributed by atoms with Crippen LogP contribution in [0.2, 0.25) is 0 Å². The van der Waals surface area contributed by atoms with E-state index in [0.717, 1.165) is 32.6 Å². The third-order valence-electron chi connectivity index (χ3n) is 5.23. The van der Waals surface area contributed by atoms with Gasteiger partial charge in [-0.05, 0) is 17.5 Å². The van der Waals surface area contributed by atoms with E-state index in [-0.39, 0.29) is 5.75 Å². The Labute approximate surface area is 152 Å². The van der Waals surface area contributed by atoms with E-state index < -0.39 is 5.63 Å². The summed E-state index contributed by atoms with van der Waals surface area (Å²) < 4.78 is 10.6. The van der Waals surface area contributed by atoms with Crippen LogP contribution in [-0.2, 0) is 30.8 Å². The van der Waals surface area contributed by atoms with E-state index in [1.54, 1.807) is 0 Å². The first-order valence-electron chi connectivity index (χ1n) is 9.12. The van der Waals surface area contributed by atoms with Gasteiger partial charge in [-0.1, -0.05) is 24.3 Å². The van der Waals surface area contributed by atoms with E-state index >= 15 is 0 Å². The first-order chi connectivity index (χ1) is 12.7. The Kier molecular flexibility index (Phi) is 5.06. The molecule has 0 radical (unpaired) electrons. The van der Waals surface area contributed by atoms with Crippen LogP contribution >= 0.6 is 0 Å². The van der Waals surface area contributed by atoms with Gasteiger partial charge in [-0.2, -0.15) is 0 Å². The summed E-state index contributed by atoms with van der Waals surface area (Å²) >= 11 is 0. The second-order valence-corrected chi connectivity index (χ2v) is 6.99. The lowest BCUT2D eigenvalue weighted by atomic mass is 9.99. The lowest BCUT2D eigenvalue weighted by molar-refractivity contribution is 0.0335. The molecule has 6 nitrogen and oxygen atoms in total. The molecule has 1 N–H and O–H groups in total. The molecule has 1 saturated heterocycles. The SMILES string of the molecule is O=c1occ(CN2CCOCC2)c(O)c1CN1CCc2ccccc2C1. The summed E-state index contributed by atoms with van der Waals surface area (Å²) in [7, 11) is 0. The molecule has 0 bridgehead atoms. The topological polar surface area (TPSA) is 66.2 Å². The standard InChI is InChI=1S/C20H24N2O4/c23-19-17(12-21-7-9-25-10-8-21)14-26-20(24)18(19)13-22-6-5-15-3-1-2-4-16(15)11-22/h1-4,14,23H,5-13H2. The van der Waals surface area contributed by atoms with Crippen molar-refractivity contribution in [1.82, 2.24) is 9.80 Å². The fourth-order valence-electron chi connectivity index (χ4n) is 3.71. The Morgan fingerprint density at radius 3 is 2.58 bits per heavy atom. The summed E-state index contributed by atoms with van der Waals surface area (Å²) in [6.45, 7) is 5.63. The third kappa shape index (κ3) is 3.67. The molecular weight excluding hydrogens is 332 g/mol. The summed E-state index contributed by atoms with van der Waals surface area (Å²) in [4.78, 5) is 16.6. The zero-order chi connectivity index (χ0) is 17.9. The summed E-state index contributed by atoms with van der Waals surface area (Å²) in [5.41, 5.74) is 3.22. The second-order valence-electron chi connectivity index (χ2n) is 6.99. The van der Waals surface area contributed by atoms with E-state index in [9.17, 15) is 9.90 Å². The maximum absolute atomic E-state index is 12.2. The predicted octanol–water partition coefficient (Wildman–Crippen LogP) is 1.74. The number of nitrogens with zero attached hydrogens (tertiary/aromatic N) is 2. The minimum absolute atomic E-state index is 0.0756. The summed E-state index contributed by atoms with van der Waals surface area (Å²) in [5, 5.41) is 10.7. The molecule has 0 amide bonds. The van der Waals surface area contributed by atoms with E-state index in [1.807, 2.05) is 6.07 Å². The molecule has 1 aromatic heterocycles. The van der Waals surface area contributed by atoms with Crippen molar-refractivity contribution in [2.75, 3.05) is 32.8 Å². The molecule has 0 atom stereocenters. The smallest absolute Gasteiger partial charge is 0.343 e. The van der Waals surface area contributed by atoms with Crippen molar-refractivity contribution in [3.63, 3.8) is 0 Å². The lowest BCUT2D eigenvalue weighted by Gasteiger charge is -2.29. The Morgan fingerprint density at radius 1 is 1.00 bits per heavy atom. The highest BCUT2D eigenvalue weighted by molar-refractivity contribution is 5.37. The highest BCUT2D eigenvalue weighted by Crippen LogP contribution is 2.25. The van der Waals surface area contributed by atoms with Crippen LogP contribution in [-0.4, -0.2) is 47.8 Å². The zero-order valence-electron chi connectivity index (χ0n) is 14.8. The van der Waals surface area contributed by atoms with Crippen LogP contribution in [0.3, 0.4) is 0 Å². The van der Waals surface area contributed by atoms with Gasteiger partial charge in [0.2, 0.25) is 0 Å². The van der Waals surface area contributed by atoms with Crippen molar-refractivity contribution in [1.29, 1.82) is 0 Å². The number of benzene rings is 1. The van der Waals surface area contributed by atoms with Gasteiger partial charge in [0.1, 0.15) is 12.0 Å². The van der Waals surface area contributed by atoms with Gasteiger partial charge >= 0.3 is 5.63 Å². The van der Waals surface area contributed by atoms with Crippen molar-refractivity contribution >= 4 is 0 Å². The maximum Gasteiger partial charge on any atom is 0.343 e. The van der Waals surface area contributed by atoms with Gasteiger partial charge < -0.3 is 14.3 Å². The molecule has 2 aromatic rings. The second kappa shape index (κ2) is 7.61. The quantitative estimate of drug-likeness (QED) is 0.900. The fourth-order valence-corrected chi connectivity index (χ4v) is 3.71. The normalized spacial score (nSPS) is 18.6. The van der Waals surface area contributed by atoms with Gasteiger partial charge in [-0.3, -0.25) is 9.80 Å². The molecule has 4 rings (SSSR count). The van der Waals surface area contributed by atoms with Gasteiger partial charge in [0.15, 0.2) is 0 Å². The van der Waals surface area contributed by atoms with Crippen molar-refractivity contribution in [2.24, 2.45) is 0 Å². The highest BCUT2D eigenvalue weighted by Gasteiger charge is 2.22. The van der Waals surface area contributed by atoms with Gasteiger partial charge in [-0.15, -0.1) is 0 Å². The van der Waals surface area contributed by atoms with E-state index in [2.05, 4.69) is 28.0 Å². The van der Waals surface area contributed by atoms with Gasteiger partial charge in [0, 0.05) is 44.8 Å². The number of morpholine rings is 1. The van der Waals surface area contributed by atoms with E-state index in [0.29, 0.717) is 37.4 Å². The average molecular weight is 356 g/mol. The first kappa shape index (κ1) is 17.3. The molecular formula is C20H24N2O4. The Morgan fingerprint density at radius 2 is 1.77 bits per heavy atom. The largest absolute Gasteiger partial charge is 0.507 e. The summed E-state index contributed by atoms with van der Waals surface area (Å²) in [5.74, 6) is 0.0756. The van der Waals surface area contributed by atoms with Crippen LogP contribution in [0.15, 0.2) is 39.7 Å². The molecule has 0 unspecified atom stereocenters. The van der Waals surface area contributed by atoms with Crippen molar-refractivity contribution in [3.05, 3.63) is 63.2 Å². The zero-order valence-corrected chi connectivity index (χ0v) is 14.8. The monoisotopic (exact) mass is 356 g/mol. The van der Waals surface area contributed by atoms with Crippen LogP contribution in [0.4, 0.5) is 0 Å². The minimum atomic E-state index is -0.452. The lowest BCUT2D eigenvalue weighted by Crippen LogP contribution is -2.36.